The molecule has 2 aliphatic rings. The van der Waals surface area contributed by atoms with Gasteiger partial charge in [0.1, 0.15) is 0 Å². The minimum atomic E-state index is -0.915. The molecular formula is C10H12N2O2. The maximum atomic E-state index is 10.8. The Hall–Kier alpha value is -1.32. The molecule has 0 unspecified atom stereocenters. The highest BCUT2D eigenvalue weighted by Gasteiger charge is 2.63. The van der Waals surface area contributed by atoms with E-state index < -0.39 is 5.97 Å². The lowest BCUT2D eigenvalue weighted by Gasteiger charge is -2.06. The van der Waals surface area contributed by atoms with Gasteiger partial charge in [-0.05, 0) is 17.8 Å². The lowest BCUT2D eigenvalue weighted by molar-refractivity contribution is 0.0689. The Labute approximate surface area is 81.3 Å². The second kappa shape index (κ2) is 2.02. The number of nitrogens with zero attached hydrogens (tertiary/aromatic N) is 1. The van der Waals surface area contributed by atoms with E-state index >= 15 is 0 Å². The molecule has 2 atom stereocenters. The van der Waals surface area contributed by atoms with Gasteiger partial charge in [0.2, 0.25) is 0 Å². The molecule has 4 heteroatoms. The van der Waals surface area contributed by atoms with Crippen LogP contribution in [0, 0.1) is 11.3 Å². The largest absolute Gasteiger partial charge is 0.476 e. The lowest BCUT2D eigenvalue weighted by atomic mass is 9.98. The van der Waals surface area contributed by atoms with Crippen molar-refractivity contribution in [1.29, 1.82) is 0 Å². The zero-order valence-electron chi connectivity index (χ0n) is 8.16. The van der Waals surface area contributed by atoms with Crippen molar-refractivity contribution in [3.63, 3.8) is 0 Å². The van der Waals surface area contributed by atoms with Gasteiger partial charge in [-0.15, -0.1) is 0 Å². The van der Waals surface area contributed by atoms with Crippen molar-refractivity contribution in [2.45, 2.75) is 26.2 Å². The molecule has 3 rings (SSSR count). The van der Waals surface area contributed by atoms with Crippen LogP contribution in [0.4, 0.5) is 0 Å². The Morgan fingerprint density at radius 1 is 1.64 bits per heavy atom. The van der Waals surface area contributed by atoms with E-state index in [1.165, 1.54) is 0 Å². The quantitative estimate of drug-likeness (QED) is 0.706. The van der Waals surface area contributed by atoms with Crippen LogP contribution in [-0.2, 0) is 6.42 Å². The summed E-state index contributed by atoms with van der Waals surface area (Å²) in [6, 6.07) is 0. The molecular weight excluding hydrogens is 180 g/mol. The highest BCUT2D eigenvalue weighted by molar-refractivity contribution is 5.88. The van der Waals surface area contributed by atoms with Crippen molar-refractivity contribution in [3.8, 4) is 0 Å². The Kier molecular flexibility index (Phi) is 1.16. The number of fused-ring (bicyclic) bond motifs is 3. The van der Waals surface area contributed by atoms with Gasteiger partial charge in [0.25, 0.3) is 0 Å². The molecule has 14 heavy (non-hydrogen) atoms. The second-order valence-electron chi connectivity index (χ2n) is 4.88. The van der Waals surface area contributed by atoms with Gasteiger partial charge in [0.05, 0.1) is 0 Å². The normalized spacial score (nSPS) is 31.0. The highest BCUT2D eigenvalue weighted by Crippen LogP contribution is 2.69. The first-order valence-corrected chi connectivity index (χ1v) is 4.84. The van der Waals surface area contributed by atoms with Crippen molar-refractivity contribution in [2.24, 2.45) is 11.3 Å². The third kappa shape index (κ3) is 0.705. The number of aromatic carboxylic acids is 1. The van der Waals surface area contributed by atoms with Crippen LogP contribution in [0.5, 0.6) is 0 Å². The summed E-state index contributed by atoms with van der Waals surface area (Å²) in [6.45, 7) is 4.46. The van der Waals surface area contributed by atoms with E-state index in [0.717, 1.165) is 17.7 Å². The number of aromatic nitrogens is 2. The van der Waals surface area contributed by atoms with Crippen LogP contribution < -0.4 is 0 Å². The fourth-order valence-corrected chi connectivity index (χ4v) is 2.94. The first-order valence-electron chi connectivity index (χ1n) is 4.84. The fourth-order valence-electron chi connectivity index (χ4n) is 2.94. The second-order valence-corrected chi connectivity index (χ2v) is 4.88. The fraction of sp³-hybridized carbons (Fsp3) is 0.600. The van der Waals surface area contributed by atoms with E-state index in [2.05, 4.69) is 24.0 Å². The van der Waals surface area contributed by atoms with Gasteiger partial charge in [-0.2, -0.15) is 5.10 Å². The van der Waals surface area contributed by atoms with Gasteiger partial charge >= 0.3 is 5.97 Å². The van der Waals surface area contributed by atoms with Crippen LogP contribution in [-0.4, -0.2) is 21.3 Å². The summed E-state index contributed by atoms with van der Waals surface area (Å²) in [6.07, 6.45) is 0.880. The maximum absolute atomic E-state index is 10.8. The number of carboxylic acids is 1. The zero-order chi connectivity index (χ0) is 10.1. The Morgan fingerprint density at radius 2 is 2.36 bits per heavy atom. The first kappa shape index (κ1) is 8.03. The molecule has 1 heterocycles. The molecule has 1 aromatic rings. The molecule has 2 aliphatic carbocycles. The molecule has 0 bridgehead atoms. The monoisotopic (exact) mass is 192 g/mol. The number of rotatable bonds is 1. The summed E-state index contributed by atoms with van der Waals surface area (Å²) in [5, 5.41) is 15.6. The van der Waals surface area contributed by atoms with E-state index in [0.29, 0.717) is 17.3 Å². The van der Waals surface area contributed by atoms with Crippen LogP contribution in [0.2, 0.25) is 0 Å². The summed E-state index contributed by atoms with van der Waals surface area (Å²) < 4.78 is 0. The molecule has 0 spiro atoms. The lowest BCUT2D eigenvalue weighted by Crippen LogP contribution is -2.04. The van der Waals surface area contributed by atoms with E-state index in [9.17, 15) is 4.79 Å². The van der Waals surface area contributed by atoms with Crippen molar-refractivity contribution in [2.75, 3.05) is 0 Å². The highest BCUT2D eigenvalue weighted by atomic mass is 16.4. The number of carbonyl (C=O) groups is 1. The third-order valence-corrected chi connectivity index (χ3v) is 3.89. The molecule has 0 saturated heterocycles. The van der Waals surface area contributed by atoms with Crippen LogP contribution in [0.1, 0.15) is 41.5 Å². The van der Waals surface area contributed by atoms with Gasteiger partial charge in [0.15, 0.2) is 5.69 Å². The third-order valence-electron chi connectivity index (χ3n) is 3.89. The molecule has 0 aliphatic heterocycles. The summed E-state index contributed by atoms with van der Waals surface area (Å²) in [5.41, 5.74) is 2.57. The number of nitrogens with one attached hydrogen (secondary N) is 1. The smallest absolute Gasteiger partial charge is 0.356 e. The summed E-state index contributed by atoms with van der Waals surface area (Å²) in [5.74, 6) is 0.226. The predicted octanol–water partition coefficient (Wildman–Crippen LogP) is 1.40. The molecule has 1 saturated carbocycles. The Bertz CT molecular complexity index is 433. The predicted molar refractivity (Wildman–Crippen MR) is 49.3 cm³/mol. The van der Waals surface area contributed by atoms with E-state index in [1.54, 1.807) is 0 Å². The molecule has 4 nitrogen and oxygen atoms in total. The molecule has 1 aromatic heterocycles. The topological polar surface area (TPSA) is 66.0 Å². The number of carboxylic acid groups (broad SMARTS) is 1. The van der Waals surface area contributed by atoms with E-state index in [1.807, 2.05) is 0 Å². The van der Waals surface area contributed by atoms with E-state index in [4.69, 9.17) is 5.11 Å². The van der Waals surface area contributed by atoms with Crippen LogP contribution in [0.25, 0.3) is 0 Å². The minimum absolute atomic E-state index is 0.225. The van der Waals surface area contributed by atoms with Gasteiger partial charge in [-0.1, -0.05) is 13.8 Å². The average Bonchev–Trinajstić information content (AvgIpc) is 2.49. The zero-order valence-corrected chi connectivity index (χ0v) is 8.16. The van der Waals surface area contributed by atoms with Crippen LogP contribution >= 0.6 is 0 Å². The molecule has 0 amide bonds. The van der Waals surface area contributed by atoms with Gasteiger partial charge in [-0.3, -0.25) is 5.10 Å². The summed E-state index contributed by atoms with van der Waals surface area (Å²) in [4.78, 5) is 10.8. The standard InChI is InChI=1S/C10H12N2O2/c1-10(2)5-3-4-7(6(5)10)11-12-8(4)9(13)14/h5-6H,3H2,1-2H3,(H,11,12)(H,13,14)/t5-,6-/m1/s1. The number of hydrogen-bond donors (Lipinski definition) is 2. The van der Waals surface area contributed by atoms with E-state index in [-0.39, 0.29) is 5.69 Å². The maximum Gasteiger partial charge on any atom is 0.356 e. The minimum Gasteiger partial charge on any atom is -0.476 e. The van der Waals surface area contributed by atoms with Gasteiger partial charge in [0, 0.05) is 17.2 Å². The number of hydrogen-bond acceptors (Lipinski definition) is 2. The summed E-state index contributed by atoms with van der Waals surface area (Å²) in [7, 11) is 0. The molecule has 0 radical (unpaired) electrons. The number of aromatic amines is 1. The van der Waals surface area contributed by atoms with Crippen molar-refractivity contribution < 1.29 is 9.90 Å². The van der Waals surface area contributed by atoms with Gasteiger partial charge < -0.3 is 5.11 Å². The molecule has 2 N–H and O–H groups in total. The molecule has 0 aromatic carbocycles. The van der Waals surface area contributed by atoms with Crippen molar-refractivity contribution in [1.82, 2.24) is 10.2 Å². The number of H-pyrrole nitrogens is 1. The Balaban J connectivity index is 2.07. The Morgan fingerprint density at radius 3 is 3.00 bits per heavy atom. The van der Waals surface area contributed by atoms with Crippen LogP contribution in [0.15, 0.2) is 0 Å². The average molecular weight is 192 g/mol. The van der Waals surface area contributed by atoms with Crippen molar-refractivity contribution in [3.05, 3.63) is 17.0 Å². The van der Waals surface area contributed by atoms with Gasteiger partial charge in [-0.25, -0.2) is 4.79 Å². The molecule has 1 fully saturated rings. The summed E-state index contributed by atoms with van der Waals surface area (Å²) >= 11 is 0. The SMILES string of the molecule is CC1(C)[C@@H]2Cc3c(C(=O)O)n[nH]c3[C@@H]21. The molecule has 74 valence electrons. The first-order chi connectivity index (χ1) is 6.53. The van der Waals surface area contributed by atoms with Crippen LogP contribution in [0.3, 0.4) is 0 Å². The van der Waals surface area contributed by atoms with Crippen molar-refractivity contribution >= 4 is 5.97 Å².